The van der Waals surface area contributed by atoms with Crippen molar-refractivity contribution in [1.29, 1.82) is 0 Å². The molecule has 2 aliphatic heterocycles. The molecule has 4 heteroatoms. The largest absolute Gasteiger partial charge is 0.387 e. The van der Waals surface area contributed by atoms with Gasteiger partial charge < -0.3 is 15.7 Å². The second-order valence-corrected chi connectivity index (χ2v) is 8.87. The monoisotopic (exact) mass is 344 g/mol. The molecule has 2 heterocycles. The zero-order valence-corrected chi connectivity index (χ0v) is 15.7. The molecule has 1 amide bonds. The van der Waals surface area contributed by atoms with Gasteiger partial charge in [0.15, 0.2) is 0 Å². The molecule has 0 radical (unpaired) electrons. The van der Waals surface area contributed by atoms with Gasteiger partial charge in [0.1, 0.15) is 0 Å². The van der Waals surface area contributed by atoms with Gasteiger partial charge in [0.25, 0.3) is 0 Å². The highest BCUT2D eigenvalue weighted by Gasteiger charge is 2.34. The van der Waals surface area contributed by atoms with Crippen LogP contribution in [0.5, 0.6) is 0 Å². The van der Waals surface area contributed by atoms with Crippen LogP contribution in [0.2, 0.25) is 0 Å². The fourth-order valence-electron chi connectivity index (χ4n) is 4.21. The molecule has 0 aliphatic carbocycles. The van der Waals surface area contributed by atoms with Crippen molar-refractivity contribution in [1.82, 2.24) is 10.6 Å². The van der Waals surface area contributed by atoms with Crippen LogP contribution in [0.25, 0.3) is 0 Å². The Bertz CT molecular complexity index is 579. The van der Waals surface area contributed by atoms with Crippen LogP contribution in [0.1, 0.15) is 70.1 Å². The van der Waals surface area contributed by atoms with Crippen LogP contribution in [0, 0.1) is 5.92 Å². The summed E-state index contributed by atoms with van der Waals surface area (Å²) < 4.78 is 0. The molecule has 138 valence electrons. The van der Waals surface area contributed by atoms with E-state index in [2.05, 4.69) is 43.5 Å². The van der Waals surface area contributed by atoms with Crippen molar-refractivity contribution >= 4 is 5.91 Å². The predicted octanol–water partition coefficient (Wildman–Crippen LogP) is 3.05. The summed E-state index contributed by atoms with van der Waals surface area (Å²) in [4.78, 5) is 12.2. The van der Waals surface area contributed by atoms with Gasteiger partial charge in [-0.3, -0.25) is 4.79 Å². The lowest BCUT2D eigenvalue weighted by Gasteiger charge is -2.28. The highest BCUT2D eigenvalue weighted by atomic mass is 16.3. The Morgan fingerprint density at radius 2 is 1.80 bits per heavy atom. The van der Waals surface area contributed by atoms with E-state index < -0.39 is 6.10 Å². The van der Waals surface area contributed by atoms with Crippen LogP contribution < -0.4 is 10.6 Å². The van der Waals surface area contributed by atoms with E-state index in [-0.39, 0.29) is 17.9 Å². The van der Waals surface area contributed by atoms with E-state index in [0.29, 0.717) is 24.4 Å². The van der Waals surface area contributed by atoms with Gasteiger partial charge in [0, 0.05) is 25.0 Å². The number of fused-ring (bicyclic) bond motifs is 2. The molecule has 1 aromatic rings. The maximum atomic E-state index is 12.2. The second kappa shape index (κ2) is 7.46. The highest BCUT2D eigenvalue weighted by Crippen LogP contribution is 2.32. The molecule has 4 nitrogen and oxygen atoms in total. The number of hydrogen-bond donors (Lipinski definition) is 3. The number of piperidine rings is 1. The van der Waals surface area contributed by atoms with Crippen molar-refractivity contribution in [2.24, 2.45) is 5.92 Å². The molecule has 3 rings (SSSR count). The van der Waals surface area contributed by atoms with Gasteiger partial charge in [-0.1, -0.05) is 45.0 Å². The van der Waals surface area contributed by atoms with Crippen LogP contribution in [0.15, 0.2) is 24.3 Å². The SMILES string of the molecule is CC(C)(C)c1ccc(C(O)CNC(=O)CC2CC3CCC(C2)N3)cc1. The minimum atomic E-state index is -0.651. The molecule has 2 bridgehead atoms. The fourth-order valence-corrected chi connectivity index (χ4v) is 4.21. The number of carbonyl (C=O) groups excluding carboxylic acids is 1. The number of aliphatic hydroxyl groups excluding tert-OH is 1. The van der Waals surface area contributed by atoms with E-state index in [0.717, 1.165) is 18.4 Å². The van der Waals surface area contributed by atoms with Gasteiger partial charge in [-0.25, -0.2) is 0 Å². The normalized spacial score (nSPS) is 27.1. The predicted molar refractivity (Wildman–Crippen MR) is 100 cm³/mol. The molecule has 3 unspecified atom stereocenters. The van der Waals surface area contributed by atoms with E-state index in [1.165, 1.54) is 18.4 Å². The van der Waals surface area contributed by atoms with Crippen molar-refractivity contribution in [3.63, 3.8) is 0 Å². The van der Waals surface area contributed by atoms with Crippen molar-refractivity contribution in [3.05, 3.63) is 35.4 Å². The summed E-state index contributed by atoms with van der Waals surface area (Å²) in [7, 11) is 0. The lowest BCUT2D eigenvalue weighted by Crippen LogP contribution is -2.40. The fraction of sp³-hybridized carbons (Fsp3) is 0.667. The number of aliphatic hydroxyl groups is 1. The first-order chi connectivity index (χ1) is 11.8. The Morgan fingerprint density at radius 3 is 2.36 bits per heavy atom. The average molecular weight is 344 g/mol. The summed E-state index contributed by atoms with van der Waals surface area (Å²) in [5, 5.41) is 16.9. The third kappa shape index (κ3) is 4.83. The van der Waals surface area contributed by atoms with E-state index in [9.17, 15) is 9.90 Å². The topological polar surface area (TPSA) is 61.4 Å². The molecule has 25 heavy (non-hydrogen) atoms. The lowest BCUT2D eigenvalue weighted by molar-refractivity contribution is -0.122. The number of carbonyl (C=O) groups is 1. The summed E-state index contributed by atoms with van der Waals surface area (Å²) in [6, 6.07) is 9.27. The van der Waals surface area contributed by atoms with E-state index >= 15 is 0 Å². The van der Waals surface area contributed by atoms with Crippen LogP contribution >= 0.6 is 0 Å². The summed E-state index contributed by atoms with van der Waals surface area (Å²) in [6.07, 6.45) is 4.67. The summed E-state index contributed by atoms with van der Waals surface area (Å²) in [5.74, 6) is 0.554. The van der Waals surface area contributed by atoms with Crippen LogP contribution in [-0.4, -0.2) is 29.6 Å². The van der Waals surface area contributed by atoms with Gasteiger partial charge >= 0.3 is 0 Å². The van der Waals surface area contributed by atoms with Crippen molar-refractivity contribution < 1.29 is 9.90 Å². The first-order valence-electron chi connectivity index (χ1n) is 9.62. The van der Waals surface area contributed by atoms with Gasteiger partial charge in [0.05, 0.1) is 6.10 Å². The van der Waals surface area contributed by atoms with E-state index in [1.54, 1.807) is 0 Å². The zero-order chi connectivity index (χ0) is 18.0. The molecule has 0 saturated carbocycles. The standard InChI is InChI=1S/C21H32N2O2/c1-21(2,3)16-6-4-15(5-7-16)19(24)13-22-20(25)12-14-10-17-8-9-18(11-14)23-17/h4-7,14,17-19,23-24H,8-13H2,1-3H3,(H,22,25). The third-order valence-electron chi connectivity index (χ3n) is 5.70. The highest BCUT2D eigenvalue weighted by molar-refractivity contribution is 5.76. The smallest absolute Gasteiger partial charge is 0.220 e. The Hall–Kier alpha value is -1.39. The van der Waals surface area contributed by atoms with E-state index in [1.807, 2.05) is 12.1 Å². The van der Waals surface area contributed by atoms with Crippen molar-refractivity contribution in [2.75, 3.05) is 6.54 Å². The quantitative estimate of drug-likeness (QED) is 0.769. The van der Waals surface area contributed by atoms with Crippen molar-refractivity contribution in [3.8, 4) is 0 Å². The Labute approximate surface area is 151 Å². The molecular formula is C21H32N2O2. The molecule has 3 atom stereocenters. The molecule has 0 aromatic heterocycles. The van der Waals surface area contributed by atoms with Gasteiger partial charge in [0.2, 0.25) is 5.91 Å². The number of rotatable bonds is 5. The molecule has 0 spiro atoms. The maximum Gasteiger partial charge on any atom is 0.220 e. The minimum absolute atomic E-state index is 0.0664. The molecule has 2 fully saturated rings. The summed E-state index contributed by atoms with van der Waals surface area (Å²) in [6.45, 7) is 6.80. The number of hydrogen-bond acceptors (Lipinski definition) is 3. The Morgan fingerprint density at radius 1 is 1.20 bits per heavy atom. The summed E-state index contributed by atoms with van der Waals surface area (Å²) >= 11 is 0. The Balaban J connectivity index is 1.45. The van der Waals surface area contributed by atoms with Gasteiger partial charge in [-0.2, -0.15) is 0 Å². The first-order valence-corrected chi connectivity index (χ1v) is 9.62. The van der Waals surface area contributed by atoms with Crippen molar-refractivity contribution in [2.45, 2.75) is 76.5 Å². The number of nitrogens with one attached hydrogen (secondary N) is 2. The number of benzene rings is 1. The lowest BCUT2D eigenvalue weighted by atomic mass is 9.86. The Kier molecular flexibility index (Phi) is 5.49. The van der Waals surface area contributed by atoms with Crippen LogP contribution in [0.3, 0.4) is 0 Å². The van der Waals surface area contributed by atoms with Crippen LogP contribution in [-0.2, 0) is 10.2 Å². The molecule has 3 N–H and O–H groups in total. The molecule has 2 aliphatic rings. The zero-order valence-electron chi connectivity index (χ0n) is 15.7. The average Bonchev–Trinajstić information content (AvgIpc) is 2.90. The first kappa shape index (κ1) is 18.4. The molecular weight excluding hydrogens is 312 g/mol. The van der Waals surface area contributed by atoms with Gasteiger partial charge in [-0.05, 0) is 48.1 Å². The second-order valence-electron chi connectivity index (χ2n) is 8.87. The molecule has 1 aromatic carbocycles. The minimum Gasteiger partial charge on any atom is -0.387 e. The van der Waals surface area contributed by atoms with Crippen LogP contribution in [0.4, 0.5) is 0 Å². The summed E-state index contributed by atoms with van der Waals surface area (Å²) in [5.41, 5.74) is 2.20. The van der Waals surface area contributed by atoms with E-state index in [4.69, 9.17) is 0 Å². The maximum absolute atomic E-state index is 12.2. The van der Waals surface area contributed by atoms with Gasteiger partial charge in [-0.15, -0.1) is 0 Å². The number of amides is 1. The third-order valence-corrected chi connectivity index (χ3v) is 5.70. The molecule has 2 saturated heterocycles.